The van der Waals surface area contributed by atoms with E-state index in [0.717, 1.165) is 19.4 Å². The number of pyridine rings is 1. The van der Waals surface area contributed by atoms with Gasteiger partial charge in [-0.1, -0.05) is 22.0 Å². The van der Waals surface area contributed by atoms with Gasteiger partial charge >= 0.3 is 11.7 Å². The van der Waals surface area contributed by atoms with Gasteiger partial charge in [0.2, 0.25) is 5.91 Å². The molecule has 1 aromatic carbocycles. The molecule has 3 aromatic rings. The number of hydrogen-bond acceptors (Lipinski definition) is 5. The third-order valence-corrected chi connectivity index (χ3v) is 4.82. The van der Waals surface area contributed by atoms with Gasteiger partial charge in [0.1, 0.15) is 6.54 Å². The first-order chi connectivity index (χ1) is 13.5. The van der Waals surface area contributed by atoms with Crippen molar-refractivity contribution in [2.75, 3.05) is 4.90 Å². The van der Waals surface area contributed by atoms with E-state index in [9.17, 15) is 14.4 Å². The summed E-state index contributed by atoms with van der Waals surface area (Å²) in [7, 11) is 0. The molecule has 0 atom stereocenters. The molecule has 0 bridgehead atoms. The van der Waals surface area contributed by atoms with Gasteiger partial charge in [-0.3, -0.25) is 14.7 Å². The monoisotopic (exact) mass is 442 g/mol. The number of aromatic nitrogens is 4. The number of anilines is 1. The first-order valence-corrected chi connectivity index (χ1v) is 9.24. The number of halogens is 1. The van der Waals surface area contributed by atoms with Crippen LogP contribution < -0.4 is 15.9 Å². The molecule has 2 aromatic heterocycles. The van der Waals surface area contributed by atoms with Gasteiger partial charge in [-0.05, 0) is 35.9 Å². The molecule has 1 N–H and O–H groups in total. The van der Waals surface area contributed by atoms with Gasteiger partial charge in [-0.2, -0.15) is 9.67 Å². The van der Waals surface area contributed by atoms with Gasteiger partial charge < -0.3 is 5.32 Å². The van der Waals surface area contributed by atoms with E-state index in [0.29, 0.717) is 11.5 Å². The van der Waals surface area contributed by atoms with Gasteiger partial charge in [-0.25, -0.2) is 14.3 Å². The molecular formula is C18H15BrN6O3. The second kappa shape index (κ2) is 7.39. The minimum atomic E-state index is -0.629. The van der Waals surface area contributed by atoms with Gasteiger partial charge in [0.15, 0.2) is 5.82 Å². The lowest BCUT2D eigenvalue weighted by Crippen LogP contribution is -2.38. The number of carbonyl (C=O) groups is 2. The van der Waals surface area contributed by atoms with Crippen molar-refractivity contribution in [3.8, 4) is 0 Å². The summed E-state index contributed by atoms with van der Waals surface area (Å²) in [6, 6.07) is 10.4. The summed E-state index contributed by atoms with van der Waals surface area (Å²) in [6.07, 6.45) is 3.28. The number of benzene rings is 1. The summed E-state index contributed by atoms with van der Waals surface area (Å²) in [5.74, 6) is -0.0958. The number of carbonyl (C=O) groups excluding carboxylic acids is 2. The molecule has 1 aliphatic rings. The quantitative estimate of drug-likeness (QED) is 0.644. The van der Waals surface area contributed by atoms with Crippen LogP contribution in [0.15, 0.2) is 58.1 Å². The van der Waals surface area contributed by atoms with Crippen molar-refractivity contribution in [1.82, 2.24) is 24.6 Å². The van der Waals surface area contributed by atoms with Crippen molar-refractivity contribution in [3.63, 3.8) is 0 Å². The van der Waals surface area contributed by atoms with Crippen LogP contribution in [0, 0.1) is 0 Å². The Labute approximate surface area is 167 Å². The molecule has 0 aliphatic carbocycles. The average Bonchev–Trinajstić information content (AvgIpc) is 3.17. The molecule has 2 amide bonds. The van der Waals surface area contributed by atoms with E-state index in [4.69, 9.17) is 0 Å². The molecule has 9 nitrogen and oxygen atoms in total. The van der Waals surface area contributed by atoms with Crippen LogP contribution in [0.25, 0.3) is 0 Å². The second-order valence-corrected chi connectivity index (χ2v) is 7.08. The fourth-order valence-corrected chi connectivity index (χ4v) is 3.20. The Kier molecular flexibility index (Phi) is 4.78. The maximum Gasteiger partial charge on any atom is 0.365 e. The van der Waals surface area contributed by atoms with E-state index < -0.39 is 17.6 Å². The Morgan fingerprint density at radius 2 is 1.96 bits per heavy atom. The van der Waals surface area contributed by atoms with Crippen molar-refractivity contribution in [2.45, 2.75) is 19.6 Å². The van der Waals surface area contributed by atoms with Gasteiger partial charge in [0.05, 0.1) is 6.54 Å². The molecular weight excluding hydrogens is 428 g/mol. The molecule has 0 spiro atoms. The molecule has 28 heavy (non-hydrogen) atoms. The molecule has 0 saturated heterocycles. The lowest BCUT2D eigenvalue weighted by atomic mass is 10.3. The highest BCUT2D eigenvalue weighted by Gasteiger charge is 2.33. The summed E-state index contributed by atoms with van der Waals surface area (Å²) >= 11 is 3.35. The average molecular weight is 443 g/mol. The van der Waals surface area contributed by atoms with Crippen LogP contribution in [0.5, 0.6) is 0 Å². The zero-order chi connectivity index (χ0) is 19.7. The Morgan fingerprint density at radius 3 is 2.68 bits per heavy atom. The van der Waals surface area contributed by atoms with Crippen molar-refractivity contribution >= 4 is 33.6 Å². The summed E-state index contributed by atoms with van der Waals surface area (Å²) < 4.78 is 3.10. The third-order valence-electron chi connectivity index (χ3n) is 4.29. The van der Waals surface area contributed by atoms with E-state index in [1.807, 2.05) is 18.2 Å². The minimum absolute atomic E-state index is 0.167. The maximum atomic E-state index is 12.8. The third kappa shape index (κ3) is 3.46. The number of hydrogen-bond donors (Lipinski definition) is 1. The number of fused-ring (bicyclic) bond motifs is 1. The van der Waals surface area contributed by atoms with Gasteiger partial charge in [-0.15, -0.1) is 0 Å². The van der Waals surface area contributed by atoms with Crippen molar-refractivity contribution < 1.29 is 9.59 Å². The first kappa shape index (κ1) is 18.1. The highest BCUT2D eigenvalue weighted by Crippen LogP contribution is 2.24. The summed E-state index contributed by atoms with van der Waals surface area (Å²) in [4.78, 5) is 46.6. The molecule has 1 aliphatic heterocycles. The van der Waals surface area contributed by atoms with E-state index in [1.165, 1.54) is 4.90 Å². The molecule has 10 heteroatoms. The van der Waals surface area contributed by atoms with E-state index in [1.54, 1.807) is 30.6 Å². The normalized spacial score (nSPS) is 12.9. The zero-order valence-corrected chi connectivity index (χ0v) is 16.2. The van der Waals surface area contributed by atoms with Crippen molar-refractivity contribution in [3.05, 3.63) is 75.1 Å². The predicted octanol–water partition coefficient (Wildman–Crippen LogP) is 1.51. The summed E-state index contributed by atoms with van der Waals surface area (Å²) in [5.41, 5.74) is 0.883. The smallest absolute Gasteiger partial charge is 0.350 e. The number of rotatable bonds is 5. The van der Waals surface area contributed by atoms with Crippen LogP contribution in [0.4, 0.5) is 10.5 Å². The Hall–Kier alpha value is -3.27. The molecule has 0 unspecified atom stereocenters. The Bertz CT molecular complexity index is 1090. The molecule has 0 saturated carbocycles. The van der Waals surface area contributed by atoms with Crippen LogP contribution in [-0.2, 0) is 24.4 Å². The predicted molar refractivity (Wildman–Crippen MR) is 104 cm³/mol. The van der Waals surface area contributed by atoms with Crippen molar-refractivity contribution in [1.29, 1.82) is 0 Å². The fraction of sp³-hybridized carbons (Fsp3) is 0.167. The van der Waals surface area contributed by atoms with Crippen LogP contribution in [0.2, 0.25) is 0 Å². The van der Waals surface area contributed by atoms with Crippen LogP contribution in [0.3, 0.4) is 0 Å². The Morgan fingerprint density at radius 1 is 1.18 bits per heavy atom. The van der Waals surface area contributed by atoms with Crippen molar-refractivity contribution in [2.24, 2.45) is 0 Å². The SMILES string of the molecule is O=C(Cn1c(=O)nc2n1C(=O)N(c1ccc(Br)cc1)C2)NCc1cccnc1. The lowest BCUT2D eigenvalue weighted by molar-refractivity contribution is -0.122. The lowest BCUT2D eigenvalue weighted by Gasteiger charge is -2.15. The molecule has 4 rings (SSSR count). The standard InChI is InChI=1S/C18H15BrN6O3/c19-13-3-5-14(6-4-13)23-10-15-22-17(27)24(25(15)18(23)28)11-16(26)21-9-12-2-1-7-20-8-12/h1-8H,9-11H2,(H,21,26). The second-order valence-electron chi connectivity index (χ2n) is 6.16. The fourth-order valence-electron chi connectivity index (χ4n) is 2.94. The van der Waals surface area contributed by atoms with E-state index in [2.05, 4.69) is 31.2 Å². The molecule has 3 heterocycles. The highest BCUT2D eigenvalue weighted by molar-refractivity contribution is 9.10. The molecule has 0 radical (unpaired) electrons. The maximum absolute atomic E-state index is 12.8. The minimum Gasteiger partial charge on any atom is -0.350 e. The highest BCUT2D eigenvalue weighted by atomic mass is 79.9. The first-order valence-electron chi connectivity index (χ1n) is 8.45. The van der Waals surface area contributed by atoms with Gasteiger partial charge in [0, 0.05) is 29.1 Å². The number of nitrogens with zero attached hydrogens (tertiary/aromatic N) is 5. The van der Waals surface area contributed by atoms with E-state index >= 15 is 0 Å². The molecule has 142 valence electrons. The van der Waals surface area contributed by atoms with Crippen LogP contribution in [-0.4, -0.2) is 31.3 Å². The van der Waals surface area contributed by atoms with E-state index in [-0.39, 0.29) is 19.6 Å². The largest absolute Gasteiger partial charge is 0.365 e. The van der Waals surface area contributed by atoms with Crippen LogP contribution >= 0.6 is 15.9 Å². The number of nitrogens with one attached hydrogen (secondary N) is 1. The zero-order valence-electron chi connectivity index (χ0n) is 14.6. The topological polar surface area (TPSA) is 102 Å². The summed E-state index contributed by atoms with van der Waals surface area (Å²) in [5, 5.41) is 2.71. The van der Waals surface area contributed by atoms with Gasteiger partial charge in [0.25, 0.3) is 0 Å². The van der Waals surface area contributed by atoms with Crippen LogP contribution in [0.1, 0.15) is 11.4 Å². The summed E-state index contributed by atoms with van der Waals surface area (Å²) in [6.45, 7) is 0.146. The Balaban J connectivity index is 1.50. The molecule has 0 fully saturated rings. The number of amides is 2.